The molecule has 0 rings (SSSR count). The van der Waals surface area contributed by atoms with Gasteiger partial charge in [0.1, 0.15) is 0 Å². The molecule has 0 aliphatic heterocycles. The molecule has 0 aliphatic rings. The van der Waals surface area contributed by atoms with Gasteiger partial charge in [0, 0.05) is 56.5 Å². The standard InChI is InChI=1S/CH4O.2BrH.Eu/c1-2;;;/h2H,1H3;2*1H;. The smallest absolute Gasteiger partial charge is 0.0319 e. The van der Waals surface area contributed by atoms with Gasteiger partial charge >= 0.3 is 0 Å². The maximum Gasteiger partial charge on any atom is 0.0319 e. The molecule has 0 unspecified atom stereocenters. The Morgan fingerprint density at radius 3 is 1.00 bits per heavy atom. The monoisotopic (exact) mass is 345 g/mol. The van der Waals surface area contributed by atoms with Crippen molar-refractivity contribution in [2.45, 2.75) is 0 Å². The Hall–Kier alpha value is 2.50. The van der Waals surface area contributed by atoms with Crippen LogP contribution in [0.15, 0.2) is 0 Å². The Morgan fingerprint density at radius 1 is 1.00 bits per heavy atom. The SMILES string of the molecule is Br.Br.CO.[Eu]. The van der Waals surface area contributed by atoms with Crippen molar-refractivity contribution < 1.29 is 54.5 Å². The Bertz CT molecular complexity index is 9.61. The molecule has 0 spiro atoms. The molecule has 0 bridgehead atoms. The predicted octanol–water partition coefficient (Wildman–Crippen LogP) is 0.764. The zero-order valence-electron chi connectivity index (χ0n) is 2.64. The zero-order chi connectivity index (χ0) is 2.00. The van der Waals surface area contributed by atoms with Gasteiger partial charge in [-0.1, -0.05) is 0 Å². The maximum atomic E-state index is 7.00. The third-order valence-corrected chi connectivity index (χ3v) is 0. The summed E-state index contributed by atoms with van der Waals surface area (Å²) in [6.45, 7) is 0. The molecule has 0 saturated carbocycles. The van der Waals surface area contributed by atoms with E-state index < -0.39 is 0 Å². The largest absolute Gasteiger partial charge is 0.400 e. The molecular weight excluding hydrogens is 340 g/mol. The summed E-state index contributed by atoms with van der Waals surface area (Å²) in [5, 5.41) is 7.00. The van der Waals surface area contributed by atoms with E-state index in [1.807, 2.05) is 0 Å². The van der Waals surface area contributed by atoms with Gasteiger partial charge in [-0.15, -0.1) is 34.0 Å². The van der Waals surface area contributed by atoms with Crippen LogP contribution in [0.4, 0.5) is 0 Å². The average molecular weight is 346 g/mol. The molecule has 0 aromatic heterocycles. The number of aliphatic hydroxyl groups is 1. The minimum absolute atomic E-state index is 0. The fourth-order valence-corrected chi connectivity index (χ4v) is 0. The summed E-state index contributed by atoms with van der Waals surface area (Å²) in [6.07, 6.45) is 0. The van der Waals surface area contributed by atoms with E-state index in [0.29, 0.717) is 0 Å². The molecule has 5 heavy (non-hydrogen) atoms. The van der Waals surface area contributed by atoms with E-state index in [2.05, 4.69) is 0 Å². The van der Waals surface area contributed by atoms with E-state index in [1.165, 1.54) is 0 Å². The molecule has 0 aromatic rings. The first-order valence-electron chi connectivity index (χ1n) is 0.447. The van der Waals surface area contributed by atoms with Gasteiger partial charge < -0.3 is 5.11 Å². The Morgan fingerprint density at radius 2 is 1.00 bits per heavy atom. The van der Waals surface area contributed by atoms with Crippen LogP contribution in [-0.4, -0.2) is 12.2 Å². The summed E-state index contributed by atoms with van der Waals surface area (Å²) in [5.41, 5.74) is 0. The minimum atomic E-state index is 0. The molecule has 0 atom stereocenters. The molecule has 1 N–H and O–H groups in total. The molecule has 1 radical (unpaired) electrons. The van der Waals surface area contributed by atoms with Crippen molar-refractivity contribution in [3.8, 4) is 0 Å². The quantitative estimate of drug-likeness (QED) is 0.687. The van der Waals surface area contributed by atoms with Crippen molar-refractivity contribution in [2.75, 3.05) is 7.11 Å². The molecular formula is CH6Br2EuO. The van der Waals surface area contributed by atoms with Gasteiger partial charge in [0.05, 0.1) is 0 Å². The second kappa shape index (κ2) is 31.4. The first kappa shape index (κ1) is 25.9. The third kappa shape index (κ3) is 21.0. The van der Waals surface area contributed by atoms with Crippen molar-refractivity contribution in [2.24, 2.45) is 0 Å². The second-order valence-electron chi connectivity index (χ2n) is 0. The molecule has 0 aromatic carbocycles. The third-order valence-electron chi connectivity index (χ3n) is 0. The van der Waals surface area contributed by atoms with Crippen LogP contribution in [0, 0.1) is 49.4 Å². The van der Waals surface area contributed by atoms with Gasteiger partial charge in [0.25, 0.3) is 0 Å². The number of aliphatic hydroxyl groups excluding tert-OH is 1. The van der Waals surface area contributed by atoms with Crippen molar-refractivity contribution in [1.29, 1.82) is 0 Å². The molecule has 4 heteroatoms. The van der Waals surface area contributed by atoms with Gasteiger partial charge in [0.2, 0.25) is 0 Å². The van der Waals surface area contributed by atoms with Crippen LogP contribution in [0.5, 0.6) is 0 Å². The first-order valence-corrected chi connectivity index (χ1v) is 0.447. The summed E-state index contributed by atoms with van der Waals surface area (Å²) >= 11 is 0. The van der Waals surface area contributed by atoms with Crippen molar-refractivity contribution in [3.05, 3.63) is 0 Å². The fraction of sp³-hybridized carbons (Fsp3) is 1.00. The van der Waals surface area contributed by atoms with Crippen molar-refractivity contribution in [3.63, 3.8) is 0 Å². The normalized spacial score (nSPS) is 1.20. The van der Waals surface area contributed by atoms with Crippen LogP contribution in [-0.2, 0) is 0 Å². The summed E-state index contributed by atoms with van der Waals surface area (Å²) in [5.74, 6) is 0. The predicted molar refractivity (Wildman–Crippen MR) is 28.8 cm³/mol. The molecule has 0 amide bonds. The van der Waals surface area contributed by atoms with Gasteiger partial charge in [-0.05, 0) is 0 Å². The van der Waals surface area contributed by atoms with E-state index in [4.69, 9.17) is 5.11 Å². The molecule has 0 saturated heterocycles. The van der Waals surface area contributed by atoms with Gasteiger partial charge in [-0.25, -0.2) is 0 Å². The van der Waals surface area contributed by atoms with Crippen LogP contribution in [0.1, 0.15) is 0 Å². The summed E-state index contributed by atoms with van der Waals surface area (Å²) in [7, 11) is 1.00. The van der Waals surface area contributed by atoms with Crippen molar-refractivity contribution in [1.82, 2.24) is 0 Å². The molecule has 1 nitrogen and oxygen atoms in total. The second-order valence-corrected chi connectivity index (χ2v) is 0. The van der Waals surface area contributed by atoms with E-state index in [0.717, 1.165) is 7.11 Å². The van der Waals surface area contributed by atoms with E-state index in [9.17, 15) is 0 Å². The Kier molecular flexibility index (Phi) is 162. The van der Waals surface area contributed by atoms with Crippen LogP contribution in [0.25, 0.3) is 0 Å². The summed E-state index contributed by atoms with van der Waals surface area (Å²) in [6, 6.07) is 0. The fourth-order valence-electron chi connectivity index (χ4n) is 0. The zero-order valence-corrected chi connectivity index (χ0v) is 8.49. The Labute approximate surface area is 93.6 Å². The topological polar surface area (TPSA) is 20.2 Å². The van der Waals surface area contributed by atoms with E-state index in [1.54, 1.807) is 0 Å². The van der Waals surface area contributed by atoms with E-state index in [-0.39, 0.29) is 83.3 Å². The first-order chi connectivity index (χ1) is 1.00. The molecule has 0 aliphatic carbocycles. The van der Waals surface area contributed by atoms with Crippen LogP contribution < -0.4 is 0 Å². The minimum Gasteiger partial charge on any atom is -0.400 e. The van der Waals surface area contributed by atoms with Gasteiger partial charge in [-0.2, -0.15) is 0 Å². The number of rotatable bonds is 0. The molecule has 0 heterocycles. The van der Waals surface area contributed by atoms with Crippen LogP contribution in [0.3, 0.4) is 0 Å². The van der Waals surface area contributed by atoms with Crippen LogP contribution in [0.2, 0.25) is 0 Å². The molecule has 0 fully saturated rings. The maximum absolute atomic E-state index is 7.00. The van der Waals surface area contributed by atoms with Crippen LogP contribution >= 0.6 is 34.0 Å². The Balaban J connectivity index is -0.00000000167. The molecule has 37 valence electrons. The van der Waals surface area contributed by atoms with Gasteiger partial charge in [0.15, 0.2) is 0 Å². The summed E-state index contributed by atoms with van der Waals surface area (Å²) < 4.78 is 0. The average Bonchev–Trinajstić information content (AvgIpc) is 1.00. The summed E-state index contributed by atoms with van der Waals surface area (Å²) in [4.78, 5) is 0. The number of hydrogen-bond acceptors (Lipinski definition) is 1. The van der Waals surface area contributed by atoms with Gasteiger partial charge in [-0.3, -0.25) is 0 Å². The number of hydrogen-bond donors (Lipinski definition) is 1. The number of halogens is 2. The van der Waals surface area contributed by atoms with E-state index >= 15 is 0 Å². The van der Waals surface area contributed by atoms with Crippen molar-refractivity contribution >= 4 is 34.0 Å².